The topological polar surface area (TPSA) is 73.0 Å². The summed E-state index contributed by atoms with van der Waals surface area (Å²) < 4.78 is 27.7. The Morgan fingerprint density at radius 3 is 2.38 bits per heavy atom. The van der Waals surface area contributed by atoms with Crippen LogP contribution in [0, 0.1) is 6.92 Å². The van der Waals surface area contributed by atoms with E-state index in [-0.39, 0.29) is 40.3 Å². The Balaban J connectivity index is 1.70. The molecule has 0 saturated heterocycles. The molecule has 1 aromatic heterocycles. The van der Waals surface area contributed by atoms with Crippen LogP contribution in [0.1, 0.15) is 10.0 Å². The predicted octanol–water partition coefficient (Wildman–Crippen LogP) is 1.29. The fraction of sp³-hybridized carbons (Fsp3) is 0.118. The first kappa shape index (κ1) is 17.9. The van der Waals surface area contributed by atoms with Crippen molar-refractivity contribution in [1.82, 2.24) is 4.98 Å². The molecule has 4 nitrogen and oxygen atoms in total. The molecule has 2 N–H and O–H groups in total. The third kappa shape index (κ3) is 4.57. The molecule has 0 fully saturated rings. The monoisotopic (exact) mass is 522 g/mol. The minimum absolute atomic E-state index is 0.136. The van der Waals surface area contributed by atoms with Crippen LogP contribution in [0.2, 0.25) is 0 Å². The first-order valence-corrected chi connectivity index (χ1v) is 13.3. The van der Waals surface area contributed by atoms with E-state index in [0.29, 0.717) is 0 Å². The van der Waals surface area contributed by atoms with E-state index in [1.807, 2.05) is 6.20 Å². The van der Waals surface area contributed by atoms with Gasteiger partial charge >= 0.3 is 159 Å². The van der Waals surface area contributed by atoms with Crippen molar-refractivity contribution in [2.45, 2.75) is 16.3 Å². The molecule has 0 unspecified atom stereocenters. The second-order valence-corrected chi connectivity index (χ2v) is 12.2. The zero-order chi connectivity index (χ0) is 17.2. The Kier molecular flexibility index (Phi) is 5.61. The Labute approximate surface area is 158 Å². The fourth-order valence-electron chi connectivity index (χ4n) is 2.08. The van der Waals surface area contributed by atoms with Gasteiger partial charge < -0.3 is 0 Å². The van der Waals surface area contributed by atoms with Gasteiger partial charge in [0.2, 0.25) is 0 Å². The van der Waals surface area contributed by atoms with Crippen molar-refractivity contribution in [3.05, 3.63) is 64.7 Å². The molecule has 0 radical (unpaired) electrons. The van der Waals surface area contributed by atoms with E-state index in [1.165, 1.54) is 13.6 Å². The third-order valence-electron chi connectivity index (χ3n) is 3.39. The molecule has 3 aromatic rings. The van der Waals surface area contributed by atoms with Crippen molar-refractivity contribution in [1.29, 1.82) is 0 Å². The molecular weight excluding hydrogens is 503 g/mol. The van der Waals surface area contributed by atoms with E-state index in [9.17, 15) is 8.42 Å². The Morgan fingerprint density at radius 2 is 1.75 bits per heavy atom. The van der Waals surface area contributed by atoms with Crippen LogP contribution >= 0.6 is 0 Å². The number of primary sulfonamides is 1. The molecule has 124 valence electrons. The summed E-state index contributed by atoms with van der Waals surface area (Å²) in [7, 11) is -3.64. The van der Waals surface area contributed by atoms with Gasteiger partial charge in [0.05, 0.1) is 0 Å². The molecule has 3 rings (SSSR count). The zero-order valence-electron chi connectivity index (χ0n) is 13.0. The van der Waals surface area contributed by atoms with Gasteiger partial charge in [-0.05, 0) is 0 Å². The van der Waals surface area contributed by atoms with Crippen LogP contribution in [0.4, 0.5) is 0 Å². The minimum atomic E-state index is -3.64. The van der Waals surface area contributed by atoms with Crippen LogP contribution in [-0.2, 0) is 14.5 Å². The van der Waals surface area contributed by atoms with Crippen LogP contribution in [0.25, 0.3) is 10.1 Å². The van der Waals surface area contributed by atoms with E-state index < -0.39 is 10.0 Å². The van der Waals surface area contributed by atoms with Gasteiger partial charge in [0, 0.05) is 0 Å². The van der Waals surface area contributed by atoms with Gasteiger partial charge in [-0.25, -0.2) is 0 Å². The summed E-state index contributed by atoms with van der Waals surface area (Å²) >= 11 is -0.000913. The summed E-state index contributed by atoms with van der Waals surface area (Å²) in [6.45, 7) is 2.11. The van der Waals surface area contributed by atoms with Gasteiger partial charge in [-0.3, -0.25) is 0 Å². The summed E-state index contributed by atoms with van der Waals surface area (Å²) in [6.07, 6.45) is 1.99. The van der Waals surface area contributed by atoms with Gasteiger partial charge in [-0.1, -0.05) is 0 Å². The van der Waals surface area contributed by atoms with E-state index >= 15 is 0 Å². The summed E-state index contributed by atoms with van der Waals surface area (Å²) in [4.78, 5) is 4.66. The van der Waals surface area contributed by atoms with Crippen molar-refractivity contribution >= 4 is 49.1 Å². The van der Waals surface area contributed by atoms with Gasteiger partial charge in [0.15, 0.2) is 0 Å². The molecular formula is C17H16N2O2SSeTe. The second kappa shape index (κ2) is 7.53. The van der Waals surface area contributed by atoms with Crippen molar-refractivity contribution in [2.75, 3.05) is 0 Å². The average molecular weight is 519 g/mol. The van der Waals surface area contributed by atoms with Gasteiger partial charge in [-0.2, -0.15) is 0 Å². The molecule has 24 heavy (non-hydrogen) atoms. The molecule has 0 aliphatic heterocycles. The number of rotatable bonds is 5. The molecule has 7 heteroatoms. The Morgan fingerprint density at radius 1 is 1.08 bits per heavy atom. The number of aryl methyl sites for hydroxylation is 1. The molecule has 0 amide bonds. The Hall–Kier alpha value is -0.931. The van der Waals surface area contributed by atoms with Crippen LogP contribution in [0.3, 0.4) is 0 Å². The van der Waals surface area contributed by atoms with Gasteiger partial charge in [-0.15, -0.1) is 0 Å². The number of aromatic nitrogens is 1. The summed E-state index contributed by atoms with van der Waals surface area (Å²) in [5.74, 6) is 0. The summed E-state index contributed by atoms with van der Waals surface area (Å²) in [6, 6.07) is 15.5. The zero-order valence-corrected chi connectivity index (χ0v) is 17.8. The molecule has 0 saturated carbocycles. The fourth-order valence-corrected chi connectivity index (χ4v) is 7.95. The molecule has 0 aliphatic rings. The maximum atomic E-state index is 11.3. The first-order chi connectivity index (χ1) is 11.4. The SMILES string of the molecule is Cc1ccc([Te]Cc2cnc(-c3ccc(S(N)(=O)=O)cc3)[se]2)cc1. The summed E-state index contributed by atoms with van der Waals surface area (Å²) in [5.41, 5.74) is 2.27. The van der Waals surface area contributed by atoms with Crippen LogP contribution < -0.4 is 8.75 Å². The molecule has 0 atom stereocenters. The van der Waals surface area contributed by atoms with Crippen LogP contribution in [0.15, 0.2) is 59.6 Å². The second-order valence-electron chi connectivity index (χ2n) is 5.30. The number of benzene rings is 2. The van der Waals surface area contributed by atoms with E-state index in [4.69, 9.17) is 5.14 Å². The number of sulfonamides is 1. The summed E-state index contributed by atoms with van der Waals surface area (Å²) in [5, 5.41) is 5.13. The number of hydrogen-bond donors (Lipinski definition) is 1. The van der Waals surface area contributed by atoms with Gasteiger partial charge in [0.25, 0.3) is 0 Å². The average Bonchev–Trinajstić information content (AvgIpc) is 3.03. The van der Waals surface area contributed by atoms with Crippen molar-refractivity contribution in [3.63, 3.8) is 0 Å². The van der Waals surface area contributed by atoms with Crippen molar-refractivity contribution in [3.8, 4) is 10.1 Å². The van der Waals surface area contributed by atoms with Crippen LogP contribution in [-0.4, -0.2) is 48.8 Å². The number of nitrogens with two attached hydrogens (primary N) is 1. The molecule has 2 aromatic carbocycles. The normalized spacial score (nSPS) is 11.6. The van der Waals surface area contributed by atoms with Crippen molar-refractivity contribution in [2.24, 2.45) is 5.14 Å². The number of nitrogens with zero attached hydrogens (tertiary/aromatic N) is 1. The van der Waals surface area contributed by atoms with Gasteiger partial charge in [0.1, 0.15) is 0 Å². The number of hydrogen-bond acceptors (Lipinski definition) is 3. The Bertz CT molecular complexity index is 935. The first-order valence-electron chi connectivity index (χ1n) is 7.19. The third-order valence-corrected chi connectivity index (χ3v) is 10.8. The molecule has 0 bridgehead atoms. The standard InChI is InChI=1S/C17H16N2O2SSeTe/c1-12-2-8-16(9-3-12)24-11-15-10-19-17(23-15)13-4-6-14(7-5-13)22(18,20)21/h2-10H,11H2,1H3,(H2,18,20,21). The van der Waals surface area contributed by atoms with E-state index in [1.54, 1.807) is 24.3 Å². The van der Waals surface area contributed by atoms with Crippen LogP contribution in [0.5, 0.6) is 0 Å². The molecule has 0 aliphatic carbocycles. The molecule has 0 spiro atoms. The molecule has 1 heterocycles. The maximum absolute atomic E-state index is 11.3. The van der Waals surface area contributed by atoms with E-state index in [0.717, 1.165) is 14.6 Å². The van der Waals surface area contributed by atoms with Crippen molar-refractivity contribution < 1.29 is 8.42 Å². The van der Waals surface area contributed by atoms with E-state index in [2.05, 4.69) is 36.2 Å². The predicted molar refractivity (Wildman–Crippen MR) is 98.3 cm³/mol. The quantitative estimate of drug-likeness (QED) is 0.517.